The third-order valence-electron chi connectivity index (χ3n) is 5.41. The first-order valence-corrected chi connectivity index (χ1v) is 10.2. The number of amides is 1. The molecule has 2 heterocycles. The first-order valence-electron chi connectivity index (χ1n) is 10.2. The lowest BCUT2D eigenvalue weighted by atomic mass is 10.1. The fraction of sp³-hybridized carbons (Fsp3) is 0.261. The zero-order chi connectivity index (χ0) is 22.7. The summed E-state index contributed by atoms with van der Waals surface area (Å²) in [5.41, 5.74) is 0.898. The van der Waals surface area contributed by atoms with Crippen LogP contribution in [0.2, 0.25) is 0 Å². The molecule has 1 aromatic heterocycles. The highest BCUT2D eigenvalue weighted by Crippen LogP contribution is 2.33. The van der Waals surface area contributed by atoms with Crippen molar-refractivity contribution in [1.82, 2.24) is 9.97 Å². The van der Waals surface area contributed by atoms with E-state index in [9.17, 15) is 18.7 Å². The number of nitrogens with one attached hydrogen (secondary N) is 1. The summed E-state index contributed by atoms with van der Waals surface area (Å²) in [6.07, 6.45) is 3.04. The van der Waals surface area contributed by atoms with Crippen molar-refractivity contribution in [3.63, 3.8) is 0 Å². The van der Waals surface area contributed by atoms with Crippen molar-refractivity contribution < 1.29 is 23.4 Å². The number of rotatable bonds is 6. The van der Waals surface area contributed by atoms with Gasteiger partial charge in [-0.15, -0.1) is 0 Å². The Bertz CT molecular complexity index is 1140. The summed E-state index contributed by atoms with van der Waals surface area (Å²) in [5.74, 6) is -1.47. The highest BCUT2D eigenvalue weighted by Gasteiger charge is 2.27. The van der Waals surface area contributed by atoms with E-state index in [4.69, 9.17) is 4.74 Å². The van der Waals surface area contributed by atoms with E-state index < -0.39 is 17.5 Å². The average Bonchev–Trinajstić information content (AvgIpc) is 3.27. The first-order chi connectivity index (χ1) is 15.5. The van der Waals surface area contributed by atoms with E-state index in [0.717, 1.165) is 12.8 Å². The van der Waals surface area contributed by atoms with Gasteiger partial charge < -0.3 is 20.1 Å². The van der Waals surface area contributed by atoms with E-state index >= 15 is 0 Å². The van der Waals surface area contributed by atoms with Gasteiger partial charge in [0.1, 0.15) is 23.1 Å². The topological polar surface area (TPSA) is 87.6 Å². The average molecular weight is 440 g/mol. The van der Waals surface area contributed by atoms with Crippen LogP contribution in [0, 0.1) is 11.6 Å². The van der Waals surface area contributed by atoms with Crippen LogP contribution in [0.25, 0.3) is 11.4 Å². The predicted molar refractivity (Wildman–Crippen MR) is 116 cm³/mol. The number of aromatic nitrogens is 2. The molecule has 166 valence electrons. The Labute approximate surface area is 183 Å². The Morgan fingerprint density at radius 1 is 1.28 bits per heavy atom. The fourth-order valence-corrected chi connectivity index (χ4v) is 3.88. The number of aliphatic hydroxyl groups is 1. The summed E-state index contributed by atoms with van der Waals surface area (Å²) in [6.45, 7) is 0.648. The van der Waals surface area contributed by atoms with Crippen molar-refractivity contribution >= 4 is 17.3 Å². The molecular weight excluding hydrogens is 418 g/mol. The molecule has 0 bridgehead atoms. The number of methoxy groups -OCH3 is 1. The normalized spacial score (nSPS) is 15.6. The number of carbonyl (C=O) groups is 1. The van der Waals surface area contributed by atoms with E-state index in [1.54, 1.807) is 12.1 Å². The van der Waals surface area contributed by atoms with Crippen LogP contribution in [0.4, 0.5) is 20.2 Å². The maximum Gasteiger partial charge on any atom is 0.274 e. The largest absolute Gasteiger partial charge is 0.496 e. The van der Waals surface area contributed by atoms with Crippen molar-refractivity contribution in [3.05, 3.63) is 66.0 Å². The molecule has 0 saturated carbocycles. The van der Waals surface area contributed by atoms with Crippen LogP contribution in [-0.4, -0.2) is 47.3 Å². The van der Waals surface area contributed by atoms with Gasteiger partial charge in [0, 0.05) is 12.7 Å². The van der Waals surface area contributed by atoms with Crippen LogP contribution in [0.15, 0.2) is 48.7 Å². The lowest BCUT2D eigenvalue weighted by Gasteiger charge is -2.27. The second-order valence-electron chi connectivity index (χ2n) is 7.37. The Kier molecular flexibility index (Phi) is 6.27. The number of ether oxygens (including phenoxy) is 1. The molecule has 1 aliphatic heterocycles. The molecule has 2 aromatic carbocycles. The molecule has 0 aliphatic carbocycles. The highest BCUT2D eigenvalue weighted by atomic mass is 19.1. The minimum absolute atomic E-state index is 0.00745. The summed E-state index contributed by atoms with van der Waals surface area (Å²) in [7, 11) is 1.40. The summed E-state index contributed by atoms with van der Waals surface area (Å²) in [6, 6.07) is 9.72. The Morgan fingerprint density at radius 3 is 2.91 bits per heavy atom. The van der Waals surface area contributed by atoms with E-state index in [-0.39, 0.29) is 41.2 Å². The number of halogens is 2. The highest BCUT2D eigenvalue weighted by molar-refractivity contribution is 6.05. The van der Waals surface area contributed by atoms with Gasteiger partial charge in [-0.25, -0.2) is 18.7 Å². The number of carbonyl (C=O) groups excluding carboxylic acids is 1. The summed E-state index contributed by atoms with van der Waals surface area (Å²) in [4.78, 5) is 23.2. The predicted octanol–water partition coefficient (Wildman–Crippen LogP) is 3.64. The fourth-order valence-electron chi connectivity index (χ4n) is 3.88. The third-order valence-corrected chi connectivity index (χ3v) is 5.41. The van der Waals surface area contributed by atoms with Crippen molar-refractivity contribution in [3.8, 4) is 17.1 Å². The summed E-state index contributed by atoms with van der Waals surface area (Å²) in [5, 5.41) is 12.3. The molecule has 0 spiro atoms. The molecule has 1 saturated heterocycles. The standard InChI is InChI=1S/C23H22F2N4O3/c1-32-20-6-2-5-16(25)21(20)22-26-10-9-17(27-22)23(31)28-18-12-14(24)7-8-19(18)29-11-3-4-15(29)13-30/h2,5-10,12,15,30H,3-4,11,13H2,1H3,(H,28,31)/t15-/m1/s1. The van der Waals surface area contributed by atoms with Gasteiger partial charge in [-0.3, -0.25) is 4.79 Å². The van der Waals surface area contributed by atoms with Crippen molar-refractivity contribution in [2.24, 2.45) is 0 Å². The molecule has 1 atom stereocenters. The quantitative estimate of drug-likeness (QED) is 0.609. The van der Waals surface area contributed by atoms with Gasteiger partial charge >= 0.3 is 0 Å². The van der Waals surface area contributed by atoms with E-state index in [0.29, 0.717) is 12.2 Å². The number of anilines is 2. The summed E-state index contributed by atoms with van der Waals surface area (Å²) >= 11 is 0. The lowest BCUT2D eigenvalue weighted by molar-refractivity contribution is 0.102. The Hall–Kier alpha value is -3.59. The number of nitrogens with zero attached hydrogens (tertiary/aromatic N) is 3. The minimum Gasteiger partial charge on any atom is -0.496 e. The van der Waals surface area contributed by atoms with Crippen LogP contribution >= 0.6 is 0 Å². The van der Waals surface area contributed by atoms with Crippen LogP contribution in [0.5, 0.6) is 5.75 Å². The molecule has 4 rings (SSSR count). The Balaban J connectivity index is 1.65. The maximum atomic E-state index is 14.4. The zero-order valence-electron chi connectivity index (χ0n) is 17.4. The zero-order valence-corrected chi connectivity index (χ0v) is 17.4. The van der Waals surface area contributed by atoms with Gasteiger partial charge in [0.2, 0.25) is 0 Å². The van der Waals surface area contributed by atoms with Crippen LogP contribution in [0.3, 0.4) is 0 Å². The number of aliphatic hydroxyl groups excluding tert-OH is 1. The second kappa shape index (κ2) is 9.27. The summed E-state index contributed by atoms with van der Waals surface area (Å²) < 4.78 is 33.6. The van der Waals surface area contributed by atoms with Gasteiger partial charge in [0.15, 0.2) is 5.82 Å². The second-order valence-corrected chi connectivity index (χ2v) is 7.37. The third kappa shape index (κ3) is 4.24. The van der Waals surface area contributed by atoms with Gasteiger partial charge in [-0.05, 0) is 49.2 Å². The molecule has 32 heavy (non-hydrogen) atoms. The van der Waals surface area contributed by atoms with E-state index in [1.165, 1.54) is 43.6 Å². The number of hydrogen-bond donors (Lipinski definition) is 2. The first kappa shape index (κ1) is 21.6. The molecule has 1 amide bonds. The number of hydrogen-bond acceptors (Lipinski definition) is 6. The number of benzene rings is 2. The van der Waals surface area contributed by atoms with Gasteiger partial charge in [-0.1, -0.05) is 6.07 Å². The van der Waals surface area contributed by atoms with Gasteiger partial charge in [-0.2, -0.15) is 0 Å². The molecular formula is C23H22F2N4O3. The van der Waals surface area contributed by atoms with Crippen molar-refractivity contribution in [2.75, 3.05) is 30.5 Å². The molecule has 9 heteroatoms. The maximum absolute atomic E-state index is 14.4. The smallest absolute Gasteiger partial charge is 0.274 e. The monoisotopic (exact) mass is 440 g/mol. The molecule has 0 unspecified atom stereocenters. The van der Waals surface area contributed by atoms with Crippen molar-refractivity contribution in [1.29, 1.82) is 0 Å². The molecule has 2 N–H and O–H groups in total. The minimum atomic E-state index is -0.601. The van der Waals surface area contributed by atoms with E-state index in [2.05, 4.69) is 15.3 Å². The van der Waals surface area contributed by atoms with Crippen molar-refractivity contribution in [2.45, 2.75) is 18.9 Å². The molecule has 1 aliphatic rings. The van der Waals surface area contributed by atoms with Crippen LogP contribution < -0.4 is 15.0 Å². The SMILES string of the molecule is COc1cccc(F)c1-c1nccc(C(=O)Nc2cc(F)ccc2N2CCC[C@@H]2CO)n1. The van der Waals surface area contributed by atoms with Crippen LogP contribution in [0.1, 0.15) is 23.3 Å². The van der Waals surface area contributed by atoms with Gasteiger partial charge in [0.25, 0.3) is 5.91 Å². The Morgan fingerprint density at radius 2 is 2.12 bits per heavy atom. The van der Waals surface area contributed by atoms with Gasteiger partial charge in [0.05, 0.1) is 36.7 Å². The molecule has 0 radical (unpaired) electrons. The molecule has 1 fully saturated rings. The lowest BCUT2D eigenvalue weighted by Crippen LogP contribution is -2.33. The molecule has 3 aromatic rings. The van der Waals surface area contributed by atoms with Crippen LogP contribution in [-0.2, 0) is 0 Å². The molecule has 7 nitrogen and oxygen atoms in total. The van der Waals surface area contributed by atoms with E-state index in [1.807, 2.05) is 4.90 Å².